The molecule has 228 valence electrons. The van der Waals surface area contributed by atoms with E-state index in [9.17, 15) is 0 Å². The smallest absolute Gasteiger partial charge is 0.0691 e. The molecule has 2 fully saturated rings. The van der Waals surface area contributed by atoms with Gasteiger partial charge in [0.05, 0.1) is 48.4 Å². The van der Waals surface area contributed by atoms with Crippen LogP contribution in [-0.2, 0) is 0 Å². The summed E-state index contributed by atoms with van der Waals surface area (Å²) >= 11 is 0. The molecule has 0 N–H and O–H groups in total. The van der Waals surface area contributed by atoms with Crippen LogP contribution in [0.25, 0.3) is 0 Å². The number of hydrogen-bond donors (Lipinski definition) is 0. The summed E-state index contributed by atoms with van der Waals surface area (Å²) in [5, 5.41) is 0. The molecule has 0 amide bonds. The van der Waals surface area contributed by atoms with E-state index in [-0.39, 0.29) is 60.6 Å². The Labute approximate surface area is 320 Å². The first-order chi connectivity index (χ1) is 17.6. The molecule has 0 aromatic heterocycles. The fourth-order valence-electron chi connectivity index (χ4n) is 4.22. The molecule has 42 heavy (non-hydrogen) atoms. The Bertz CT molecular complexity index is 637. The van der Waals surface area contributed by atoms with Gasteiger partial charge >= 0.3 is 18.9 Å². The second-order valence-electron chi connectivity index (χ2n) is 17.9. The molecule has 0 aliphatic heterocycles. The minimum absolute atomic E-state index is 0. The normalized spacial score (nSPS) is 21.6. The van der Waals surface area contributed by atoms with Gasteiger partial charge < -0.3 is 0 Å². The second kappa shape index (κ2) is 18.3. The predicted molar refractivity (Wildman–Crippen MR) is 203 cm³/mol. The van der Waals surface area contributed by atoms with Crippen LogP contribution in [0.1, 0.15) is 0 Å². The SMILES string of the molecule is C[Si](C)(C)[C]1[CH][CH][C]([Si](C)(C)C)[CH][C]([Si](C)(C)C)[CH][CH]1.C[Si](C)(C)[C]1[CH][CH][C]([Si](C)(C)C)[CH][C]([Si](C)(C)C)[CH][CH]1.[Ce].[Li+]. The van der Waals surface area contributed by atoms with Crippen LogP contribution in [0.4, 0.5) is 0 Å². The van der Waals surface area contributed by atoms with E-state index in [4.69, 9.17) is 0 Å². The number of rotatable bonds is 6. The summed E-state index contributed by atoms with van der Waals surface area (Å²) in [6.07, 6.45) is 24.3. The van der Waals surface area contributed by atoms with Crippen LogP contribution in [0, 0.1) is 139 Å². The molecule has 0 saturated heterocycles. The molecule has 0 unspecified atom stereocenters. The maximum absolute atomic E-state index is 2.51. The monoisotopic (exact) mass is 787 g/mol. The summed E-state index contributed by atoms with van der Waals surface area (Å²) in [6, 6.07) is 0. The van der Waals surface area contributed by atoms with E-state index >= 15 is 0 Å². The maximum Gasteiger partial charge on any atom is 1.00 e. The minimum Gasteiger partial charge on any atom is -0.0691 e. The molecule has 0 atom stereocenters. The molecule has 0 nitrogen and oxygen atoms in total. The Morgan fingerprint density at radius 1 is 0.262 bits per heavy atom. The second-order valence-corrected chi connectivity index (χ2v) is 48.3. The van der Waals surface area contributed by atoms with E-state index in [0.717, 1.165) is 0 Å². The van der Waals surface area contributed by atoms with Crippen LogP contribution in [0.5, 0.6) is 0 Å². The Balaban J connectivity index is 0. The minimum atomic E-state index is -1.28. The Morgan fingerprint density at radius 3 is 0.500 bits per heavy atom. The Kier molecular flexibility index (Phi) is 20.7. The van der Waals surface area contributed by atoms with Crippen molar-refractivity contribution in [3.8, 4) is 0 Å². The quantitative estimate of drug-likeness (QED) is 0.242. The zero-order valence-corrected chi connectivity index (χ0v) is 40.4. The van der Waals surface area contributed by atoms with E-state index in [1.807, 2.05) is 0 Å². The molecule has 0 spiro atoms. The van der Waals surface area contributed by atoms with Crippen LogP contribution in [0.15, 0.2) is 0 Å². The van der Waals surface area contributed by atoms with Crippen molar-refractivity contribution >= 4 is 48.4 Å². The van der Waals surface area contributed by atoms with Gasteiger partial charge in [0.15, 0.2) is 0 Å². The molecule has 16 radical (unpaired) electrons. The van der Waals surface area contributed by atoms with Crippen molar-refractivity contribution in [2.75, 3.05) is 0 Å². The van der Waals surface area contributed by atoms with Gasteiger partial charge in [-0.3, -0.25) is 0 Å². The summed E-state index contributed by atoms with van der Waals surface area (Å²) in [7, 11) is -7.62. The van der Waals surface area contributed by atoms with Crippen LogP contribution >= 0.6 is 0 Å². The molecule has 0 aromatic rings. The fourth-order valence-corrected chi connectivity index (χ4v) is 11.5. The van der Waals surface area contributed by atoms with E-state index in [1.165, 1.54) is 0 Å². The van der Waals surface area contributed by atoms with Crippen molar-refractivity contribution in [3.63, 3.8) is 0 Å². The van der Waals surface area contributed by atoms with E-state index in [0.29, 0.717) is 0 Å². The molecule has 2 aliphatic carbocycles. The summed E-state index contributed by atoms with van der Waals surface area (Å²) in [4.78, 5) is 0. The first-order valence-electron chi connectivity index (χ1n) is 15.3. The first kappa shape index (κ1) is 47.4. The third kappa shape index (κ3) is 17.1. The molecular formula is C34H64CeLiSi6+. The van der Waals surface area contributed by atoms with E-state index < -0.39 is 48.4 Å². The average molecular weight is 788 g/mol. The van der Waals surface area contributed by atoms with Crippen LogP contribution < -0.4 is 18.9 Å². The van der Waals surface area contributed by atoms with Gasteiger partial charge in [0.2, 0.25) is 0 Å². The molecule has 0 bridgehead atoms. The molecule has 2 saturated carbocycles. The molecule has 0 heterocycles. The average Bonchev–Trinajstić information content (AvgIpc) is 2.61. The van der Waals surface area contributed by atoms with E-state index in [2.05, 4.69) is 182 Å². The largest absolute Gasteiger partial charge is 1.00 e. The summed E-state index contributed by atoms with van der Waals surface area (Å²) in [6.45, 7) is 44.0. The van der Waals surface area contributed by atoms with Crippen LogP contribution in [0.3, 0.4) is 0 Å². The summed E-state index contributed by atoms with van der Waals surface area (Å²) < 4.78 is 0. The van der Waals surface area contributed by atoms with Crippen LogP contribution in [0.2, 0.25) is 118 Å². The van der Waals surface area contributed by atoms with Crippen LogP contribution in [-0.4, -0.2) is 48.4 Å². The summed E-state index contributed by atoms with van der Waals surface area (Å²) in [5.74, 6) is 0. The standard InChI is InChI=1S/2C17H32Si3.Ce.Li/c2*1-18(2,3)15-10-12-16(19(4,5)6)14-17(13-11-15)20(7,8)9;;/h2*10-14H,1-9H3;;/q;;;+1. The van der Waals surface area contributed by atoms with Crippen molar-refractivity contribution < 1.29 is 60.6 Å². The molecule has 8 heteroatoms. The van der Waals surface area contributed by atoms with Crippen molar-refractivity contribution in [1.29, 1.82) is 0 Å². The Morgan fingerprint density at radius 2 is 0.381 bits per heavy atom. The zero-order valence-electron chi connectivity index (χ0n) is 31.3. The van der Waals surface area contributed by atoms with Gasteiger partial charge in [0.1, 0.15) is 0 Å². The van der Waals surface area contributed by atoms with Gasteiger partial charge in [-0.25, -0.2) is 0 Å². The third-order valence-electron chi connectivity index (χ3n) is 7.59. The van der Waals surface area contributed by atoms with Gasteiger partial charge in [-0.1, -0.05) is 118 Å². The molecule has 2 aliphatic rings. The van der Waals surface area contributed by atoms with Gasteiger partial charge in [-0.15, -0.1) is 0 Å². The maximum atomic E-state index is 2.51. The van der Waals surface area contributed by atoms with Crippen molar-refractivity contribution in [1.82, 2.24) is 0 Å². The van der Waals surface area contributed by atoms with Gasteiger partial charge in [0.25, 0.3) is 0 Å². The van der Waals surface area contributed by atoms with Gasteiger partial charge in [0, 0.05) is 41.7 Å². The molecular weight excluding hydrogens is 724 g/mol. The first-order valence-corrected chi connectivity index (χ1v) is 36.3. The van der Waals surface area contributed by atoms with Crippen molar-refractivity contribution in [2.24, 2.45) is 0 Å². The Hall–Kier alpha value is 3.28. The third-order valence-corrected chi connectivity index (χ3v) is 19.9. The van der Waals surface area contributed by atoms with Gasteiger partial charge in [-0.05, 0) is 97.5 Å². The zero-order chi connectivity index (χ0) is 31.5. The van der Waals surface area contributed by atoms with E-state index in [1.54, 1.807) is 33.2 Å². The predicted octanol–water partition coefficient (Wildman–Crippen LogP) is 7.76. The molecule has 0 aromatic carbocycles. The van der Waals surface area contributed by atoms with Crippen molar-refractivity contribution in [3.05, 3.63) is 97.5 Å². The fraction of sp³-hybridized carbons (Fsp3) is 0.529. The van der Waals surface area contributed by atoms with Crippen molar-refractivity contribution in [2.45, 2.75) is 118 Å². The van der Waals surface area contributed by atoms with Gasteiger partial charge in [-0.2, -0.15) is 0 Å². The molecule has 2 rings (SSSR count). The topological polar surface area (TPSA) is 0 Å². The summed E-state index contributed by atoms with van der Waals surface area (Å²) in [5.41, 5.74) is 9.50. The number of hydrogen-bond acceptors (Lipinski definition) is 0.